The summed E-state index contributed by atoms with van der Waals surface area (Å²) in [5.41, 5.74) is 5.79. The van der Waals surface area contributed by atoms with Gasteiger partial charge in [0.15, 0.2) is 0 Å². The molecule has 0 saturated carbocycles. The number of hydrogen-bond acceptors (Lipinski definition) is 6. The number of carbonyl (C=O) groups is 1. The van der Waals surface area contributed by atoms with Crippen molar-refractivity contribution in [1.29, 1.82) is 5.26 Å². The zero-order valence-electron chi connectivity index (χ0n) is 10.5. The molecule has 0 aliphatic carbocycles. The topological polar surface area (TPSA) is 123 Å². The van der Waals surface area contributed by atoms with Crippen molar-refractivity contribution in [2.75, 3.05) is 0 Å². The molecule has 1 heterocycles. The van der Waals surface area contributed by atoms with Crippen LogP contribution in [0.25, 0.3) is 16.6 Å². The van der Waals surface area contributed by atoms with Crippen molar-refractivity contribution in [2.24, 2.45) is 5.73 Å². The first-order valence-electron chi connectivity index (χ1n) is 5.63. The number of nitrogens with zero attached hydrogens (tertiary/aromatic N) is 3. The van der Waals surface area contributed by atoms with Crippen LogP contribution in [0.5, 0.6) is 0 Å². The molecule has 2 aromatic rings. The molecule has 0 radical (unpaired) electrons. The average molecular weight is 300 g/mol. The van der Waals surface area contributed by atoms with E-state index in [-0.39, 0.29) is 11.3 Å². The van der Waals surface area contributed by atoms with Gasteiger partial charge in [-0.25, -0.2) is 4.98 Å². The number of nitriles is 1. The van der Waals surface area contributed by atoms with Gasteiger partial charge in [0.2, 0.25) is 0 Å². The van der Waals surface area contributed by atoms with Gasteiger partial charge in [-0.3, -0.25) is 14.9 Å². The van der Waals surface area contributed by atoms with Crippen LogP contribution < -0.4 is 5.73 Å². The van der Waals surface area contributed by atoms with Gasteiger partial charge in [-0.2, -0.15) is 5.26 Å². The molecule has 1 amide bonds. The maximum Gasteiger partial charge on any atom is 0.270 e. The van der Waals surface area contributed by atoms with E-state index in [9.17, 15) is 14.9 Å². The second kappa shape index (κ2) is 5.94. The predicted molar refractivity (Wildman–Crippen MR) is 77.0 cm³/mol. The molecule has 104 valence electrons. The molecule has 2 rings (SSSR count). The number of non-ortho nitro benzene ring substituents is 1. The molecule has 0 unspecified atom stereocenters. The molecule has 0 saturated heterocycles. The van der Waals surface area contributed by atoms with Crippen molar-refractivity contribution in [3.05, 3.63) is 51.0 Å². The second-order valence-electron chi connectivity index (χ2n) is 3.92. The van der Waals surface area contributed by atoms with Crippen molar-refractivity contribution in [3.8, 4) is 16.6 Å². The lowest BCUT2D eigenvalue weighted by molar-refractivity contribution is -0.384. The summed E-state index contributed by atoms with van der Waals surface area (Å²) in [6, 6.07) is 7.74. The molecule has 0 bridgehead atoms. The molecule has 0 aliphatic heterocycles. The first-order chi connectivity index (χ1) is 10.0. The quantitative estimate of drug-likeness (QED) is 0.401. The zero-order valence-corrected chi connectivity index (χ0v) is 11.3. The van der Waals surface area contributed by atoms with Crippen molar-refractivity contribution >= 4 is 29.0 Å². The lowest BCUT2D eigenvalue weighted by Gasteiger charge is -1.96. The standard InChI is InChI=1S/C13H8N4O3S/c14-6-9(12(15)18)4-10-7-21-13(16-10)8-2-1-3-11(5-8)17(19)20/h1-5,7H,(H2,15,18)/b9-4+. The molecule has 8 heteroatoms. The highest BCUT2D eigenvalue weighted by atomic mass is 32.1. The van der Waals surface area contributed by atoms with Crippen molar-refractivity contribution in [3.63, 3.8) is 0 Å². The van der Waals surface area contributed by atoms with Gasteiger partial charge in [-0.15, -0.1) is 11.3 Å². The Bertz CT molecular complexity index is 789. The minimum Gasteiger partial charge on any atom is -0.365 e. The van der Waals surface area contributed by atoms with E-state index in [4.69, 9.17) is 11.0 Å². The minimum absolute atomic E-state index is 0.0327. The monoisotopic (exact) mass is 300 g/mol. The van der Waals surface area contributed by atoms with Crippen LogP contribution in [0, 0.1) is 21.4 Å². The highest BCUT2D eigenvalue weighted by Crippen LogP contribution is 2.27. The van der Waals surface area contributed by atoms with Gasteiger partial charge in [0.05, 0.1) is 10.6 Å². The second-order valence-corrected chi connectivity index (χ2v) is 4.78. The smallest absolute Gasteiger partial charge is 0.270 e. The molecular formula is C13H8N4O3S. The van der Waals surface area contributed by atoms with Crippen molar-refractivity contribution in [2.45, 2.75) is 0 Å². The van der Waals surface area contributed by atoms with E-state index < -0.39 is 10.8 Å². The number of rotatable bonds is 4. The Labute approximate surface area is 123 Å². The molecule has 0 spiro atoms. The molecule has 0 fully saturated rings. The summed E-state index contributed by atoms with van der Waals surface area (Å²) < 4.78 is 0. The van der Waals surface area contributed by atoms with Crippen LogP contribution >= 0.6 is 11.3 Å². The van der Waals surface area contributed by atoms with Gasteiger partial charge in [0.25, 0.3) is 11.6 Å². The first-order valence-corrected chi connectivity index (χ1v) is 6.51. The van der Waals surface area contributed by atoms with E-state index in [1.807, 2.05) is 0 Å². The highest BCUT2D eigenvalue weighted by molar-refractivity contribution is 7.13. The van der Waals surface area contributed by atoms with Gasteiger partial charge in [0.1, 0.15) is 16.6 Å². The van der Waals surface area contributed by atoms with E-state index in [1.54, 1.807) is 23.6 Å². The number of amides is 1. The maximum absolute atomic E-state index is 11.0. The number of thiazole rings is 1. The number of carbonyl (C=O) groups excluding carboxylic acids is 1. The molecule has 21 heavy (non-hydrogen) atoms. The maximum atomic E-state index is 11.0. The van der Waals surface area contributed by atoms with Crippen LogP contribution in [0.2, 0.25) is 0 Å². The summed E-state index contributed by atoms with van der Waals surface area (Å²) in [5.74, 6) is -0.831. The van der Waals surface area contributed by atoms with E-state index in [0.717, 1.165) is 0 Å². The van der Waals surface area contributed by atoms with E-state index in [2.05, 4.69) is 4.98 Å². The SMILES string of the molecule is N#C/C(=C\c1csc(-c2cccc([N+](=O)[O-])c2)n1)C(N)=O. The van der Waals surface area contributed by atoms with Gasteiger partial charge in [-0.05, 0) is 6.08 Å². The summed E-state index contributed by atoms with van der Waals surface area (Å²) in [4.78, 5) is 25.4. The normalized spacial score (nSPS) is 10.9. The van der Waals surface area contributed by atoms with Crippen LogP contribution in [0.4, 0.5) is 5.69 Å². The van der Waals surface area contributed by atoms with E-state index in [1.165, 1.54) is 29.5 Å². The van der Waals surface area contributed by atoms with Gasteiger partial charge >= 0.3 is 0 Å². The number of hydrogen-bond donors (Lipinski definition) is 1. The van der Waals surface area contributed by atoms with E-state index >= 15 is 0 Å². The number of benzene rings is 1. The number of nitro benzene ring substituents is 1. The van der Waals surface area contributed by atoms with E-state index in [0.29, 0.717) is 16.3 Å². The van der Waals surface area contributed by atoms with Crippen molar-refractivity contribution in [1.82, 2.24) is 4.98 Å². The third-order valence-electron chi connectivity index (χ3n) is 2.50. The van der Waals surface area contributed by atoms with Crippen LogP contribution in [0.15, 0.2) is 35.2 Å². The third kappa shape index (κ3) is 3.29. The van der Waals surface area contributed by atoms with Crippen LogP contribution in [-0.2, 0) is 4.79 Å². The average Bonchev–Trinajstić information content (AvgIpc) is 2.93. The Morgan fingerprint density at radius 1 is 1.52 bits per heavy atom. The largest absolute Gasteiger partial charge is 0.365 e. The predicted octanol–water partition coefficient (Wildman–Crippen LogP) is 2.11. The summed E-state index contributed by atoms with van der Waals surface area (Å²) in [6.45, 7) is 0. The Hall–Kier alpha value is -3.05. The van der Waals surface area contributed by atoms with Crippen LogP contribution in [-0.4, -0.2) is 15.8 Å². The lowest BCUT2D eigenvalue weighted by atomic mass is 10.2. The number of aromatic nitrogens is 1. The lowest BCUT2D eigenvalue weighted by Crippen LogP contribution is -2.12. The van der Waals surface area contributed by atoms with Gasteiger partial charge < -0.3 is 5.73 Å². The molecular weight excluding hydrogens is 292 g/mol. The summed E-state index contributed by atoms with van der Waals surface area (Å²) in [6.07, 6.45) is 1.28. The van der Waals surface area contributed by atoms with Crippen LogP contribution in [0.3, 0.4) is 0 Å². The Kier molecular flexibility index (Phi) is 4.06. The van der Waals surface area contributed by atoms with Gasteiger partial charge in [-0.1, -0.05) is 12.1 Å². The molecule has 0 aliphatic rings. The summed E-state index contributed by atoms with van der Waals surface area (Å²) in [7, 11) is 0. The minimum atomic E-state index is -0.831. The Morgan fingerprint density at radius 2 is 2.29 bits per heavy atom. The molecule has 2 N–H and O–H groups in total. The van der Waals surface area contributed by atoms with Crippen LogP contribution in [0.1, 0.15) is 5.69 Å². The number of nitro groups is 1. The number of primary amides is 1. The Balaban J connectivity index is 2.37. The summed E-state index contributed by atoms with van der Waals surface area (Å²) >= 11 is 1.25. The highest BCUT2D eigenvalue weighted by Gasteiger charge is 2.11. The zero-order chi connectivity index (χ0) is 15.4. The molecule has 1 aromatic heterocycles. The number of nitrogens with two attached hydrogens (primary N) is 1. The fraction of sp³-hybridized carbons (Fsp3) is 0. The first kappa shape index (κ1) is 14.4. The molecule has 0 atom stereocenters. The summed E-state index contributed by atoms with van der Waals surface area (Å²) in [5, 5.41) is 21.7. The van der Waals surface area contributed by atoms with Crippen molar-refractivity contribution < 1.29 is 9.72 Å². The Morgan fingerprint density at radius 3 is 2.90 bits per heavy atom. The molecule has 1 aromatic carbocycles. The molecule has 7 nitrogen and oxygen atoms in total. The van der Waals surface area contributed by atoms with Gasteiger partial charge in [0, 0.05) is 23.1 Å². The fourth-order valence-electron chi connectivity index (χ4n) is 1.54. The fourth-order valence-corrected chi connectivity index (χ4v) is 2.32. The third-order valence-corrected chi connectivity index (χ3v) is 3.41.